The molecule has 1 aromatic rings. The highest BCUT2D eigenvalue weighted by molar-refractivity contribution is 7.89. The molecule has 1 atom stereocenters. The van der Waals surface area contributed by atoms with E-state index in [-0.39, 0.29) is 11.0 Å². The van der Waals surface area contributed by atoms with Gasteiger partial charge in [0.2, 0.25) is 10.0 Å². The van der Waals surface area contributed by atoms with Crippen LogP contribution in [0.3, 0.4) is 0 Å². The molecular weight excluding hydrogens is 268 g/mol. The molecule has 0 spiro atoms. The van der Waals surface area contributed by atoms with Crippen molar-refractivity contribution in [2.75, 3.05) is 26.0 Å². The van der Waals surface area contributed by atoms with Gasteiger partial charge < -0.3 is 15.2 Å². The first-order valence-electron chi connectivity index (χ1n) is 6.10. The van der Waals surface area contributed by atoms with E-state index < -0.39 is 10.0 Å². The monoisotopic (exact) mass is 286 g/mol. The van der Waals surface area contributed by atoms with Gasteiger partial charge in [0.1, 0.15) is 12.4 Å². The molecule has 1 fully saturated rings. The number of nitrogens with two attached hydrogens (primary N) is 1. The van der Waals surface area contributed by atoms with Gasteiger partial charge in [-0.05, 0) is 32.0 Å². The van der Waals surface area contributed by atoms with Gasteiger partial charge in [-0.1, -0.05) is 0 Å². The van der Waals surface area contributed by atoms with E-state index in [0.29, 0.717) is 18.0 Å². The Morgan fingerprint density at radius 1 is 1.53 bits per heavy atom. The molecule has 0 saturated carbocycles. The zero-order valence-electron chi connectivity index (χ0n) is 10.8. The maximum Gasteiger partial charge on any atom is 0.240 e. The van der Waals surface area contributed by atoms with Crippen molar-refractivity contribution in [3.05, 3.63) is 18.2 Å². The summed E-state index contributed by atoms with van der Waals surface area (Å²) in [6.07, 6.45) is 2.04. The molecule has 1 unspecified atom stereocenters. The van der Waals surface area contributed by atoms with Crippen LogP contribution in [-0.4, -0.2) is 34.8 Å². The summed E-state index contributed by atoms with van der Waals surface area (Å²) in [5, 5.41) is 0. The number of hydrogen-bond donors (Lipinski definition) is 2. The Labute approximate surface area is 112 Å². The van der Waals surface area contributed by atoms with Gasteiger partial charge in [-0.25, -0.2) is 13.1 Å². The zero-order valence-corrected chi connectivity index (χ0v) is 11.6. The van der Waals surface area contributed by atoms with E-state index in [1.54, 1.807) is 0 Å². The van der Waals surface area contributed by atoms with Gasteiger partial charge in [0.05, 0.1) is 16.7 Å². The molecule has 6 nitrogen and oxygen atoms in total. The Hall–Kier alpha value is -1.31. The van der Waals surface area contributed by atoms with Gasteiger partial charge in [0, 0.05) is 12.7 Å². The summed E-state index contributed by atoms with van der Waals surface area (Å²) >= 11 is 0. The highest BCUT2D eigenvalue weighted by atomic mass is 32.2. The fourth-order valence-electron chi connectivity index (χ4n) is 1.88. The first-order valence-corrected chi connectivity index (χ1v) is 7.59. The quantitative estimate of drug-likeness (QED) is 0.779. The van der Waals surface area contributed by atoms with Crippen LogP contribution in [0.1, 0.15) is 12.8 Å². The Bertz CT molecular complexity index is 539. The van der Waals surface area contributed by atoms with E-state index in [4.69, 9.17) is 15.2 Å². The van der Waals surface area contributed by atoms with Crippen LogP contribution in [0.2, 0.25) is 0 Å². The van der Waals surface area contributed by atoms with E-state index in [1.165, 1.54) is 25.2 Å². The van der Waals surface area contributed by atoms with Crippen LogP contribution in [0, 0.1) is 0 Å². The van der Waals surface area contributed by atoms with Crippen molar-refractivity contribution >= 4 is 15.7 Å². The predicted octanol–water partition coefficient (Wildman–Crippen LogP) is 0.735. The molecular formula is C12H18N2O4S. The summed E-state index contributed by atoms with van der Waals surface area (Å²) in [6, 6.07) is 4.39. The Kier molecular flexibility index (Phi) is 4.28. The van der Waals surface area contributed by atoms with E-state index in [9.17, 15) is 8.42 Å². The Morgan fingerprint density at radius 3 is 2.95 bits per heavy atom. The summed E-state index contributed by atoms with van der Waals surface area (Å²) in [6.45, 7) is 1.13. The second-order valence-corrected chi connectivity index (χ2v) is 6.24. The van der Waals surface area contributed by atoms with E-state index in [2.05, 4.69) is 4.72 Å². The lowest BCUT2D eigenvalue weighted by atomic mass is 10.2. The van der Waals surface area contributed by atoms with Gasteiger partial charge in [-0.15, -0.1) is 0 Å². The Balaban J connectivity index is 2.13. The van der Waals surface area contributed by atoms with Crippen LogP contribution < -0.4 is 15.2 Å². The highest BCUT2D eigenvalue weighted by Gasteiger charge is 2.18. The molecule has 3 N–H and O–H groups in total. The SMILES string of the molecule is CNS(=O)(=O)c1ccc(N)c(OCC2CCCO2)c1. The molecule has 0 radical (unpaired) electrons. The second kappa shape index (κ2) is 5.77. The van der Waals surface area contributed by atoms with Crippen molar-refractivity contribution in [2.45, 2.75) is 23.8 Å². The van der Waals surface area contributed by atoms with Gasteiger partial charge in [-0.2, -0.15) is 0 Å². The average molecular weight is 286 g/mol. The minimum absolute atomic E-state index is 0.0592. The van der Waals surface area contributed by atoms with Crippen LogP contribution in [-0.2, 0) is 14.8 Å². The van der Waals surface area contributed by atoms with Crippen molar-refractivity contribution < 1.29 is 17.9 Å². The third kappa shape index (κ3) is 3.37. The third-order valence-corrected chi connectivity index (χ3v) is 4.42. The summed E-state index contributed by atoms with van der Waals surface area (Å²) < 4.78 is 36.6. The van der Waals surface area contributed by atoms with Gasteiger partial charge in [0.15, 0.2) is 0 Å². The molecule has 1 aliphatic rings. The number of nitrogens with one attached hydrogen (secondary N) is 1. The van der Waals surface area contributed by atoms with Crippen molar-refractivity contribution in [1.29, 1.82) is 0 Å². The molecule has 0 bridgehead atoms. The molecule has 0 aromatic heterocycles. The molecule has 1 aliphatic heterocycles. The lowest BCUT2D eigenvalue weighted by molar-refractivity contribution is 0.0681. The Morgan fingerprint density at radius 2 is 2.32 bits per heavy atom. The molecule has 0 aliphatic carbocycles. The molecule has 1 saturated heterocycles. The minimum Gasteiger partial charge on any atom is -0.489 e. The summed E-state index contributed by atoms with van der Waals surface area (Å²) in [4.78, 5) is 0.131. The maximum absolute atomic E-state index is 11.7. The van der Waals surface area contributed by atoms with Gasteiger partial charge >= 0.3 is 0 Å². The van der Waals surface area contributed by atoms with E-state index in [0.717, 1.165) is 19.4 Å². The molecule has 1 aromatic carbocycles. The molecule has 0 amide bonds. The first-order chi connectivity index (χ1) is 9.03. The van der Waals surface area contributed by atoms with Gasteiger partial charge in [0.25, 0.3) is 0 Å². The van der Waals surface area contributed by atoms with Crippen LogP contribution in [0.4, 0.5) is 5.69 Å². The van der Waals surface area contributed by atoms with Crippen molar-refractivity contribution in [1.82, 2.24) is 4.72 Å². The van der Waals surface area contributed by atoms with Gasteiger partial charge in [-0.3, -0.25) is 0 Å². The largest absolute Gasteiger partial charge is 0.489 e. The van der Waals surface area contributed by atoms with Crippen LogP contribution in [0.5, 0.6) is 5.75 Å². The first kappa shape index (κ1) is 14.1. The van der Waals surface area contributed by atoms with Crippen molar-refractivity contribution in [3.63, 3.8) is 0 Å². The number of anilines is 1. The molecule has 2 rings (SSSR count). The molecule has 19 heavy (non-hydrogen) atoms. The van der Waals surface area contributed by atoms with Crippen molar-refractivity contribution in [3.8, 4) is 5.75 Å². The number of benzene rings is 1. The maximum atomic E-state index is 11.7. The molecule has 1 heterocycles. The predicted molar refractivity (Wildman–Crippen MR) is 71.6 cm³/mol. The van der Waals surface area contributed by atoms with E-state index >= 15 is 0 Å². The van der Waals surface area contributed by atoms with Crippen LogP contribution >= 0.6 is 0 Å². The molecule has 7 heteroatoms. The molecule has 106 valence electrons. The lowest BCUT2D eigenvalue weighted by Crippen LogP contribution is -2.19. The zero-order chi connectivity index (χ0) is 13.9. The fourth-order valence-corrected chi connectivity index (χ4v) is 2.63. The number of sulfonamides is 1. The van der Waals surface area contributed by atoms with Crippen molar-refractivity contribution in [2.24, 2.45) is 0 Å². The number of hydrogen-bond acceptors (Lipinski definition) is 5. The minimum atomic E-state index is -3.49. The highest BCUT2D eigenvalue weighted by Crippen LogP contribution is 2.26. The summed E-state index contributed by atoms with van der Waals surface area (Å²) in [5.41, 5.74) is 6.19. The number of nitrogen functional groups attached to an aromatic ring is 1. The average Bonchev–Trinajstić information content (AvgIpc) is 2.90. The second-order valence-electron chi connectivity index (χ2n) is 4.35. The summed E-state index contributed by atoms with van der Waals surface area (Å²) in [5.74, 6) is 0.367. The third-order valence-electron chi connectivity index (χ3n) is 3.01. The number of ether oxygens (including phenoxy) is 2. The van der Waals surface area contributed by atoms with Crippen LogP contribution in [0.15, 0.2) is 23.1 Å². The normalized spacial score (nSPS) is 19.5. The number of rotatable bonds is 5. The lowest BCUT2D eigenvalue weighted by Gasteiger charge is -2.14. The summed E-state index contributed by atoms with van der Waals surface area (Å²) in [7, 11) is -2.13. The standard InChI is InChI=1S/C12H18N2O4S/c1-14-19(15,16)10-4-5-11(13)12(7-10)18-8-9-3-2-6-17-9/h4-5,7,9,14H,2-3,6,8,13H2,1H3. The van der Waals surface area contributed by atoms with Crippen LogP contribution in [0.25, 0.3) is 0 Å². The smallest absolute Gasteiger partial charge is 0.240 e. The topological polar surface area (TPSA) is 90.7 Å². The fraction of sp³-hybridized carbons (Fsp3) is 0.500. The van der Waals surface area contributed by atoms with E-state index in [1.807, 2.05) is 0 Å².